The molecule has 188 valence electrons. The summed E-state index contributed by atoms with van der Waals surface area (Å²) in [4.78, 5) is 0. The van der Waals surface area contributed by atoms with Crippen molar-refractivity contribution < 1.29 is 2.74 Å². The molecule has 1 aromatic heterocycles. The van der Waals surface area contributed by atoms with Crippen molar-refractivity contribution in [3.63, 3.8) is 0 Å². The van der Waals surface area contributed by atoms with Crippen LogP contribution in [-0.4, -0.2) is 24.2 Å². The van der Waals surface area contributed by atoms with Crippen LogP contribution in [0.4, 0.5) is 0 Å². The zero-order valence-corrected chi connectivity index (χ0v) is 27.3. The minimum absolute atomic E-state index is 0.611. The summed E-state index contributed by atoms with van der Waals surface area (Å²) in [6.45, 7) is 19.5. The lowest BCUT2D eigenvalue weighted by molar-refractivity contribution is 0.839. The summed E-state index contributed by atoms with van der Waals surface area (Å²) in [5.41, 5.74) is 0. The molecule has 1 aliphatic heterocycles. The maximum Gasteiger partial charge on any atom is 0.119 e. The molecule has 4 heteroatoms. The van der Waals surface area contributed by atoms with Crippen molar-refractivity contribution >= 4 is 98.0 Å². The number of unbranched alkanes of at least 4 members (excludes halogenated alkanes) is 2. The fourth-order valence-electron chi connectivity index (χ4n) is 7.05. The minimum atomic E-state index is -2.00. The minimum Gasteiger partial charge on any atom is -0.135 e. The van der Waals surface area contributed by atoms with Gasteiger partial charge in [-0.25, -0.2) is 0 Å². The van der Waals surface area contributed by atoms with Gasteiger partial charge in [0.25, 0.3) is 0 Å². The van der Waals surface area contributed by atoms with Gasteiger partial charge in [0.2, 0.25) is 0 Å². The molecule has 0 fully saturated rings. The molecule has 0 spiro atoms. The fourth-order valence-corrected chi connectivity index (χ4v) is 19.0. The molecule has 4 aromatic carbocycles. The van der Waals surface area contributed by atoms with E-state index in [1.54, 1.807) is 15.6 Å². The van der Waals surface area contributed by atoms with Gasteiger partial charge in [0, 0.05) is 20.2 Å². The highest BCUT2D eigenvalue weighted by molar-refractivity contribution is 7.30. The Hall–Kier alpha value is -1.47. The van der Waals surface area contributed by atoms with Crippen LogP contribution in [0.5, 0.6) is 0 Å². The van der Waals surface area contributed by atoms with E-state index < -0.39 is 24.2 Å². The van der Waals surface area contributed by atoms with E-state index in [4.69, 9.17) is 0 Å². The highest BCUT2D eigenvalue weighted by Gasteiger charge is 2.45. The zero-order chi connectivity index (χ0) is 27.4. The molecule has 1 aliphatic rings. The first-order valence-corrected chi connectivity index (χ1v) is 24.3. The Morgan fingerprint density at radius 1 is 0.722 bits per heavy atom. The number of hydrogen-bond donors (Lipinski definition) is 0. The van der Waals surface area contributed by atoms with Crippen molar-refractivity contribution in [2.75, 3.05) is 0 Å². The van der Waals surface area contributed by atoms with Crippen LogP contribution in [0.1, 0.15) is 42.3 Å². The van der Waals surface area contributed by atoms with Crippen molar-refractivity contribution in [2.24, 2.45) is 0 Å². The van der Waals surface area contributed by atoms with Gasteiger partial charge in [-0.05, 0) is 54.4 Å². The zero-order valence-electron chi connectivity index (χ0n) is 25.5. The number of benzene rings is 4. The normalized spacial score (nSPS) is 16.3. The van der Waals surface area contributed by atoms with Gasteiger partial charge in [0.05, 0.1) is 18.9 Å². The Labute approximate surface area is 227 Å². The third-order valence-electron chi connectivity index (χ3n) is 8.87. The van der Waals surface area contributed by atoms with Crippen LogP contribution in [-0.2, 0) is 0 Å². The highest BCUT2D eigenvalue weighted by atomic mass is 32.1. The molecule has 6 rings (SSSR count). The average Bonchev–Trinajstić information content (AvgIpc) is 3.35. The molecule has 0 radical (unpaired) electrons. The maximum absolute atomic E-state index is 9.39. The van der Waals surface area contributed by atoms with Crippen molar-refractivity contribution in [2.45, 2.75) is 90.9 Å². The standard InChI is InChI=1S/C32H42SSi3/c1-9-11-18-36(19-12-10-2)23-15-13-14-21-22-16-17-24(34(3,4)5)31-28(22)30-29(27(21)23)25(36)20-26(32(30)33-31)35(6,7)8/h13-17,20H,9-12,18-19H2,1-8H3/i14D,16D. The number of fused-ring (bicyclic) bond motifs is 1. The fraction of sp³-hybridized carbons (Fsp3) is 0.438. The third-order valence-corrected chi connectivity index (χ3v) is 19.8. The van der Waals surface area contributed by atoms with Gasteiger partial charge < -0.3 is 0 Å². The third kappa shape index (κ3) is 3.26. The van der Waals surface area contributed by atoms with Crippen LogP contribution >= 0.6 is 11.3 Å². The van der Waals surface area contributed by atoms with E-state index in [2.05, 4.69) is 77.4 Å². The smallest absolute Gasteiger partial charge is 0.119 e. The Balaban J connectivity index is 1.95. The van der Waals surface area contributed by atoms with Crippen LogP contribution in [0.2, 0.25) is 51.4 Å². The van der Waals surface area contributed by atoms with Gasteiger partial charge in [-0.2, -0.15) is 0 Å². The van der Waals surface area contributed by atoms with Crippen LogP contribution in [0, 0.1) is 0 Å². The van der Waals surface area contributed by atoms with E-state index in [9.17, 15) is 2.74 Å². The largest absolute Gasteiger partial charge is 0.135 e. The molecular formula is C32H42SSi3. The molecule has 0 saturated heterocycles. The molecule has 0 atom stereocenters. The number of hydrogen-bond acceptors (Lipinski definition) is 1. The predicted octanol–water partition coefficient (Wildman–Crippen LogP) is 8.37. The second-order valence-electron chi connectivity index (χ2n) is 13.4. The first-order valence-electron chi connectivity index (χ1n) is 15.1. The molecule has 0 nitrogen and oxygen atoms in total. The first-order chi connectivity index (χ1) is 17.9. The SMILES string of the molecule is [2H]c1ccc2c3c1c1c([2H])cc([Si](C)(C)C)c4sc5c([Si](C)(C)C)cc(c3c5c41)[Si]2(CCCC)CCCC. The van der Waals surface area contributed by atoms with Gasteiger partial charge in [0.15, 0.2) is 0 Å². The lowest BCUT2D eigenvalue weighted by Crippen LogP contribution is -2.56. The molecule has 0 aliphatic carbocycles. The summed E-state index contributed by atoms with van der Waals surface area (Å²) in [5.74, 6) is 0. The summed E-state index contributed by atoms with van der Waals surface area (Å²) < 4.78 is 21.5. The molecule has 0 amide bonds. The van der Waals surface area contributed by atoms with Gasteiger partial charge >= 0.3 is 0 Å². The van der Waals surface area contributed by atoms with E-state index in [1.165, 1.54) is 73.9 Å². The average molecular weight is 545 g/mol. The van der Waals surface area contributed by atoms with Crippen molar-refractivity contribution in [3.05, 3.63) is 36.4 Å². The Morgan fingerprint density at radius 2 is 1.33 bits per heavy atom. The summed E-state index contributed by atoms with van der Waals surface area (Å²) in [7, 11) is -5.32. The lowest BCUT2D eigenvalue weighted by atomic mass is 9.94. The molecule has 2 heterocycles. The molecule has 36 heavy (non-hydrogen) atoms. The number of rotatable bonds is 8. The van der Waals surface area contributed by atoms with Gasteiger partial charge in [-0.1, -0.05) is 115 Å². The van der Waals surface area contributed by atoms with E-state index in [0.29, 0.717) is 12.1 Å². The van der Waals surface area contributed by atoms with Crippen LogP contribution in [0.25, 0.3) is 41.7 Å². The first kappa shape index (κ1) is 22.5. The summed E-state index contributed by atoms with van der Waals surface area (Å²) in [5, 5.41) is 14.2. The van der Waals surface area contributed by atoms with Gasteiger partial charge in [-0.3, -0.25) is 0 Å². The van der Waals surface area contributed by atoms with E-state index in [-0.39, 0.29) is 0 Å². The molecule has 0 unspecified atom stereocenters. The Kier molecular flexibility index (Phi) is 5.17. The highest BCUT2D eigenvalue weighted by Crippen LogP contribution is 2.47. The summed E-state index contributed by atoms with van der Waals surface area (Å²) >= 11 is 2.03. The summed E-state index contributed by atoms with van der Waals surface area (Å²) in [6, 6.07) is 13.3. The second-order valence-corrected chi connectivity index (χ2v) is 28.7. The molecule has 5 aromatic rings. The van der Waals surface area contributed by atoms with Gasteiger partial charge in [0.1, 0.15) is 8.07 Å². The molecule has 0 bridgehead atoms. The number of thiophene rings is 1. The quantitative estimate of drug-likeness (QED) is 0.136. The van der Waals surface area contributed by atoms with Crippen LogP contribution in [0.3, 0.4) is 0 Å². The van der Waals surface area contributed by atoms with Crippen molar-refractivity contribution in [1.82, 2.24) is 0 Å². The molecule has 0 N–H and O–H groups in total. The second kappa shape index (κ2) is 8.26. The molecule has 0 saturated carbocycles. The Bertz CT molecular complexity index is 1730. The van der Waals surface area contributed by atoms with Crippen LogP contribution < -0.4 is 20.7 Å². The predicted molar refractivity (Wildman–Crippen MR) is 176 cm³/mol. The Morgan fingerprint density at radius 3 is 1.94 bits per heavy atom. The van der Waals surface area contributed by atoms with Gasteiger partial charge in [-0.15, -0.1) is 11.3 Å². The topological polar surface area (TPSA) is 0 Å². The lowest BCUT2D eigenvalue weighted by Gasteiger charge is -2.32. The maximum atomic E-state index is 9.39. The van der Waals surface area contributed by atoms with Crippen molar-refractivity contribution in [3.8, 4) is 0 Å². The van der Waals surface area contributed by atoms with Crippen LogP contribution in [0.15, 0.2) is 36.4 Å². The van der Waals surface area contributed by atoms with E-state index in [1.807, 2.05) is 11.3 Å². The van der Waals surface area contributed by atoms with Crippen molar-refractivity contribution in [1.29, 1.82) is 0 Å². The molecular weight excluding hydrogens is 501 g/mol. The van der Waals surface area contributed by atoms with E-state index in [0.717, 1.165) is 10.8 Å². The monoisotopic (exact) mass is 544 g/mol. The summed E-state index contributed by atoms with van der Waals surface area (Å²) in [6.07, 6.45) is 5.03. The van der Waals surface area contributed by atoms with E-state index >= 15 is 0 Å².